The van der Waals surface area contributed by atoms with Crippen LogP contribution in [0.5, 0.6) is 0 Å². The normalized spacial score (nSPS) is 27.1. The predicted molar refractivity (Wildman–Crippen MR) is 75.5 cm³/mol. The first-order valence-corrected chi connectivity index (χ1v) is 7.22. The second kappa shape index (κ2) is 4.73. The molecule has 20 heavy (non-hydrogen) atoms. The molecule has 1 aliphatic carbocycles. The summed E-state index contributed by atoms with van der Waals surface area (Å²) in [4.78, 5) is 29.0. The maximum Gasteiger partial charge on any atom is 0.408 e. The zero-order chi connectivity index (χ0) is 14.4. The molecule has 0 bridgehead atoms. The van der Waals surface area contributed by atoms with Crippen LogP contribution in [0.3, 0.4) is 0 Å². The molecular formula is C13H14BrN3O3. The van der Waals surface area contributed by atoms with E-state index in [2.05, 4.69) is 26.2 Å². The average Bonchev–Trinajstić information content (AvgIpc) is 3.03. The molecule has 2 aliphatic rings. The van der Waals surface area contributed by atoms with Crippen molar-refractivity contribution in [2.45, 2.75) is 31.8 Å². The number of hydrogen-bond donors (Lipinski definition) is 2. The Morgan fingerprint density at radius 2 is 2.20 bits per heavy atom. The number of pyridine rings is 1. The summed E-state index contributed by atoms with van der Waals surface area (Å²) in [5.41, 5.74) is 0.839. The highest BCUT2D eigenvalue weighted by molar-refractivity contribution is 9.10. The predicted octanol–water partition coefficient (Wildman–Crippen LogP) is 2.23. The molecule has 1 saturated carbocycles. The quantitative estimate of drug-likeness (QED) is 0.809. The maximum atomic E-state index is 12.3. The number of rotatable bonds is 2. The number of amides is 2. The van der Waals surface area contributed by atoms with Gasteiger partial charge in [0.05, 0.1) is 0 Å². The monoisotopic (exact) mass is 339 g/mol. The van der Waals surface area contributed by atoms with Gasteiger partial charge in [0.2, 0.25) is 5.91 Å². The van der Waals surface area contributed by atoms with Crippen molar-refractivity contribution in [2.24, 2.45) is 5.92 Å². The smallest absolute Gasteiger partial charge is 0.408 e. The largest absolute Gasteiger partial charge is 0.465 e. The minimum absolute atomic E-state index is 0.0276. The van der Waals surface area contributed by atoms with Gasteiger partial charge in [-0.15, -0.1) is 0 Å². The lowest BCUT2D eigenvalue weighted by molar-refractivity contribution is -0.120. The summed E-state index contributed by atoms with van der Waals surface area (Å²) in [5, 5.41) is 12.0. The Balaban J connectivity index is 1.76. The van der Waals surface area contributed by atoms with E-state index < -0.39 is 12.1 Å². The first-order chi connectivity index (χ1) is 9.47. The molecule has 6 nitrogen and oxygen atoms in total. The van der Waals surface area contributed by atoms with E-state index in [4.69, 9.17) is 0 Å². The molecule has 7 heteroatoms. The van der Waals surface area contributed by atoms with Gasteiger partial charge in [0, 0.05) is 6.04 Å². The van der Waals surface area contributed by atoms with Crippen molar-refractivity contribution in [1.29, 1.82) is 0 Å². The van der Waals surface area contributed by atoms with Crippen LogP contribution in [0.2, 0.25) is 0 Å². The average molecular weight is 340 g/mol. The molecule has 0 aromatic carbocycles. The maximum absolute atomic E-state index is 12.3. The highest BCUT2D eigenvalue weighted by Gasteiger charge is 2.56. The minimum Gasteiger partial charge on any atom is -0.465 e. The lowest BCUT2D eigenvalue weighted by Gasteiger charge is -2.23. The molecule has 2 heterocycles. The van der Waals surface area contributed by atoms with Gasteiger partial charge >= 0.3 is 6.09 Å². The summed E-state index contributed by atoms with van der Waals surface area (Å²) in [5.74, 6) is 0.516. The molecule has 3 atom stereocenters. The van der Waals surface area contributed by atoms with Crippen molar-refractivity contribution in [1.82, 2.24) is 9.88 Å². The van der Waals surface area contributed by atoms with E-state index in [1.54, 1.807) is 6.07 Å². The Bertz CT molecular complexity index is 592. The Hall–Kier alpha value is -1.63. The summed E-state index contributed by atoms with van der Waals surface area (Å²) in [6.07, 6.45) is 0.467. The topological polar surface area (TPSA) is 82.5 Å². The molecule has 2 unspecified atom stereocenters. The number of halogens is 1. The van der Waals surface area contributed by atoms with Gasteiger partial charge < -0.3 is 10.4 Å². The van der Waals surface area contributed by atoms with E-state index >= 15 is 0 Å². The Labute approximate surface area is 124 Å². The van der Waals surface area contributed by atoms with Crippen LogP contribution in [0.15, 0.2) is 16.7 Å². The minimum atomic E-state index is -1.02. The van der Waals surface area contributed by atoms with Crippen LogP contribution < -0.4 is 5.32 Å². The van der Waals surface area contributed by atoms with E-state index in [0.717, 1.165) is 12.0 Å². The van der Waals surface area contributed by atoms with E-state index in [1.807, 2.05) is 13.0 Å². The number of aryl methyl sites for hydroxylation is 1. The van der Waals surface area contributed by atoms with Crippen LogP contribution in [-0.4, -0.2) is 39.1 Å². The third-order valence-electron chi connectivity index (χ3n) is 3.93. The number of carbonyl (C=O) groups excluding carboxylic acids is 1. The van der Waals surface area contributed by atoms with Gasteiger partial charge in [-0.3, -0.25) is 9.69 Å². The fraction of sp³-hybridized carbons (Fsp3) is 0.462. The number of aromatic nitrogens is 1. The first-order valence-electron chi connectivity index (χ1n) is 6.42. The molecule has 2 N–H and O–H groups in total. The fourth-order valence-electron chi connectivity index (χ4n) is 2.80. The third-order valence-corrected chi connectivity index (χ3v) is 4.37. The zero-order valence-electron chi connectivity index (χ0n) is 10.8. The molecule has 2 amide bonds. The van der Waals surface area contributed by atoms with Gasteiger partial charge in [0.15, 0.2) is 0 Å². The van der Waals surface area contributed by atoms with Crippen LogP contribution in [0.25, 0.3) is 0 Å². The summed E-state index contributed by atoms with van der Waals surface area (Å²) < 4.78 is 0.628. The zero-order valence-corrected chi connectivity index (χ0v) is 12.4. The number of carbonyl (C=O) groups is 2. The Morgan fingerprint density at radius 1 is 1.45 bits per heavy atom. The standard InChI is InChI=1S/C13H14BrN3O3/c1-6-2-3-10(14)15-11(6)16-12(18)9-5-7-4-8(7)17(9)13(19)20/h2-3,7-9H,4-5H2,1H3,(H,19,20)(H,15,16,18)/t7?,8?,9-/m0/s1. The van der Waals surface area contributed by atoms with Crippen LogP contribution in [0.4, 0.5) is 10.6 Å². The Morgan fingerprint density at radius 3 is 2.90 bits per heavy atom. The number of nitrogens with one attached hydrogen (secondary N) is 1. The number of anilines is 1. The fourth-order valence-corrected chi connectivity index (χ4v) is 3.11. The number of likely N-dealkylation sites (tertiary alicyclic amines) is 1. The van der Waals surface area contributed by atoms with Crippen molar-refractivity contribution < 1.29 is 14.7 Å². The van der Waals surface area contributed by atoms with Crippen molar-refractivity contribution >= 4 is 33.7 Å². The summed E-state index contributed by atoms with van der Waals surface area (Å²) in [6, 6.07) is 3.06. The van der Waals surface area contributed by atoms with E-state index in [0.29, 0.717) is 22.8 Å². The Kier molecular flexibility index (Phi) is 3.16. The summed E-state index contributed by atoms with van der Waals surface area (Å²) >= 11 is 3.25. The van der Waals surface area contributed by atoms with Crippen LogP contribution >= 0.6 is 15.9 Å². The second-order valence-corrected chi connectivity index (χ2v) is 6.11. The van der Waals surface area contributed by atoms with Crippen molar-refractivity contribution in [3.8, 4) is 0 Å². The van der Waals surface area contributed by atoms with Gasteiger partial charge in [-0.1, -0.05) is 6.07 Å². The molecule has 1 saturated heterocycles. The molecule has 3 rings (SSSR count). The van der Waals surface area contributed by atoms with Gasteiger partial charge in [0.25, 0.3) is 0 Å². The molecule has 1 aromatic rings. The SMILES string of the molecule is Cc1ccc(Br)nc1NC(=O)[C@@H]1CC2CC2N1C(=O)O. The van der Waals surface area contributed by atoms with Gasteiger partial charge in [-0.05, 0) is 53.2 Å². The highest BCUT2D eigenvalue weighted by atomic mass is 79.9. The molecule has 1 aromatic heterocycles. The number of hydrogen-bond acceptors (Lipinski definition) is 3. The van der Waals surface area contributed by atoms with Gasteiger partial charge in [-0.25, -0.2) is 9.78 Å². The van der Waals surface area contributed by atoms with E-state index in [9.17, 15) is 14.7 Å². The van der Waals surface area contributed by atoms with Crippen LogP contribution in [0.1, 0.15) is 18.4 Å². The number of fused-ring (bicyclic) bond motifs is 1. The lowest BCUT2D eigenvalue weighted by atomic mass is 10.1. The second-order valence-electron chi connectivity index (χ2n) is 5.29. The summed E-state index contributed by atoms with van der Waals surface area (Å²) in [6.45, 7) is 1.84. The van der Waals surface area contributed by atoms with Gasteiger partial charge in [0.1, 0.15) is 16.5 Å². The molecule has 2 fully saturated rings. The molecular weight excluding hydrogens is 326 g/mol. The molecule has 106 valence electrons. The van der Waals surface area contributed by atoms with Crippen LogP contribution in [0, 0.1) is 12.8 Å². The number of piperidine rings is 1. The van der Waals surface area contributed by atoms with Crippen LogP contribution in [-0.2, 0) is 4.79 Å². The summed E-state index contributed by atoms with van der Waals surface area (Å²) in [7, 11) is 0. The van der Waals surface area contributed by atoms with E-state index in [-0.39, 0.29) is 11.9 Å². The molecule has 1 aliphatic heterocycles. The van der Waals surface area contributed by atoms with Crippen molar-refractivity contribution in [2.75, 3.05) is 5.32 Å². The first kappa shape index (κ1) is 13.4. The highest BCUT2D eigenvalue weighted by Crippen LogP contribution is 2.47. The van der Waals surface area contributed by atoms with Gasteiger partial charge in [-0.2, -0.15) is 0 Å². The lowest BCUT2D eigenvalue weighted by Crippen LogP contribution is -2.45. The van der Waals surface area contributed by atoms with Crippen molar-refractivity contribution in [3.63, 3.8) is 0 Å². The van der Waals surface area contributed by atoms with E-state index in [1.165, 1.54) is 4.90 Å². The number of carboxylic acid groups (broad SMARTS) is 1. The molecule has 0 radical (unpaired) electrons. The molecule has 0 spiro atoms. The number of nitrogens with zero attached hydrogens (tertiary/aromatic N) is 2. The third kappa shape index (κ3) is 2.26. The van der Waals surface area contributed by atoms with Crippen molar-refractivity contribution in [3.05, 3.63) is 22.3 Å².